The summed E-state index contributed by atoms with van der Waals surface area (Å²) in [6, 6.07) is 7.73. The number of amides is 1. The van der Waals surface area contributed by atoms with Gasteiger partial charge in [-0.25, -0.2) is 0 Å². The highest BCUT2D eigenvalue weighted by Gasteiger charge is 2.25. The van der Waals surface area contributed by atoms with Crippen LogP contribution in [0.4, 0.5) is 5.69 Å². The van der Waals surface area contributed by atoms with E-state index in [9.17, 15) is 9.90 Å². The number of aliphatic hydroxyl groups excluding tert-OH is 1. The highest BCUT2D eigenvalue weighted by Crippen LogP contribution is 2.23. The molecular weight excluding hydrogens is 288 g/mol. The molecule has 1 aliphatic heterocycles. The number of aliphatic hydroxyl groups is 1. The molecule has 2 unspecified atom stereocenters. The number of benzene rings is 1. The smallest absolute Gasteiger partial charge is 0.256 e. The number of alkyl halides is 1. The molecule has 4 nitrogen and oxygen atoms in total. The van der Waals surface area contributed by atoms with E-state index in [0.29, 0.717) is 12.1 Å². The van der Waals surface area contributed by atoms with Crippen molar-refractivity contribution >= 4 is 23.2 Å². The molecule has 2 N–H and O–H groups in total. The number of hydrogen-bond donors (Lipinski definition) is 2. The molecule has 0 radical (unpaired) electrons. The van der Waals surface area contributed by atoms with Gasteiger partial charge in [-0.05, 0) is 38.3 Å². The Morgan fingerprint density at radius 3 is 2.95 bits per heavy atom. The molecule has 1 heterocycles. The maximum absolute atomic E-state index is 12.7. The fourth-order valence-corrected chi connectivity index (χ4v) is 2.77. The molecule has 0 aliphatic carbocycles. The zero-order chi connectivity index (χ0) is 15.2. The van der Waals surface area contributed by atoms with Gasteiger partial charge in [0.1, 0.15) is 0 Å². The van der Waals surface area contributed by atoms with Crippen molar-refractivity contribution in [1.29, 1.82) is 0 Å². The zero-order valence-corrected chi connectivity index (χ0v) is 13.1. The second-order valence-corrected chi connectivity index (χ2v) is 5.89. The van der Waals surface area contributed by atoms with E-state index in [4.69, 9.17) is 11.6 Å². The Labute approximate surface area is 131 Å². The van der Waals surface area contributed by atoms with Gasteiger partial charge in [-0.1, -0.05) is 12.1 Å². The van der Waals surface area contributed by atoms with Crippen LogP contribution in [0.25, 0.3) is 0 Å². The first-order valence-electron chi connectivity index (χ1n) is 7.51. The number of likely N-dealkylation sites (tertiary alicyclic amines) is 1. The summed E-state index contributed by atoms with van der Waals surface area (Å²) in [5.74, 6) is 0.234. The van der Waals surface area contributed by atoms with E-state index in [-0.39, 0.29) is 17.8 Å². The lowest BCUT2D eigenvalue weighted by Gasteiger charge is -2.34. The topological polar surface area (TPSA) is 52.6 Å². The van der Waals surface area contributed by atoms with Crippen molar-refractivity contribution in [3.63, 3.8) is 0 Å². The van der Waals surface area contributed by atoms with E-state index in [1.54, 1.807) is 0 Å². The highest BCUT2D eigenvalue weighted by molar-refractivity contribution is 6.18. The number of piperidine rings is 1. The number of rotatable bonds is 5. The van der Waals surface area contributed by atoms with Gasteiger partial charge in [0, 0.05) is 24.8 Å². The first-order chi connectivity index (χ1) is 10.1. The second kappa shape index (κ2) is 7.66. The predicted molar refractivity (Wildman–Crippen MR) is 86.0 cm³/mol. The lowest BCUT2D eigenvalue weighted by Crippen LogP contribution is -2.42. The molecule has 0 aromatic heterocycles. The first kappa shape index (κ1) is 16.1. The van der Waals surface area contributed by atoms with Crippen LogP contribution in [0.2, 0.25) is 0 Å². The van der Waals surface area contributed by atoms with Crippen molar-refractivity contribution in [2.45, 2.75) is 38.3 Å². The minimum Gasteiger partial charge on any atom is -0.390 e. The van der Waals surface area contributed by atoms with E-state index in [1.807, 2.05) is 29.2 Å². The number of nitrogens with zero attached hydrogens (tertiary/aromatic N) is 1. The van der Waals surface area contributed by atoms with Gasteiger partial charge in [0.2, 0.25) is 0 Å². The lowest BCUT2D eigenvalue weighted by molar-refractivity contribution is 0.0636. The van der Waals surface area contributed by atoms with Crippen LogP contribution in [0.15, 0.2) is 24.3 Å². The quantitative estimate of drug-likeness (QED) is 0.822. The summed E-state index contributed by atoms with van der Waals surface area (Å²) in [5.41, 5.74) is 1.41. The molecule has 2 atom stereocenters. The lowest BCUT2D eigenvalue weighted by atomic mass is 10.0. The van der Waals surface area contributed by atoms with Crippen molar-refractivity contribution < 1.29 is 9.90 Å². The molecule has 2 rings (SSSR count). The Morgan fingerprint density at radius 2 is 2.24 bits per heavy atom. The van der Waals surface area contributed by atoms with Gasteiger partial charge in [-0.3, -0.25) is 4.79 Å². The van der Waals surface area contributed by atoms with Crippen LogP contribution in [0, 0.1) is 0 Å². The van der Waals surface area contributed by atoms with Crippen LogP contribution in [-0.4, -0.2) is 47.0 Å². The first-order valence-corrected chi connectivity index (χ1v) is 8.05. The van der Waals surface area contributed by atoms with Crippen LogP contribution in [0.1, 0.15) is 36.5 Å². The number of carbonyl (C=O) groups is 1. The Morgan fingerprint density at radius 1 is 1.48 bits per heavy atom. The van der Waals surface area contributed by atoms with E-state index in [0.717, 1.165) is 25.1 Å². The van der Waals surface area contributed by atoms with Crippen LogP contribution >= 0.6 is 11.6 Å². The summed E-state index contributed by atoms with van der Waals surface area (Å²) in [5, 5.41) is 12.7. The molecular formula is C16H23ClN2O2. The molecule has 1 aliphatic rings. The Kier molecular flexibility index (Phi) is 5.88. The van der Waals surface area contributed by atoms with E-state index in [1.165, 1.54) is 6.42 Å². The molecule has 1 aromatic carbocycles. The average molecular weight is 311 g/mol. The number of anilines is 1. The Hall–Kier alpha value is -1.26. The van der Waals surface area contributed by atoms with E-state index in [2.05, 4.69) is 12.2 Å². The number of nitrogens with one attached hydrogen (secondary N) is 1. The van der Waals surface area contributed by atoms with Crippen LogP contribution < -0.4 is 5.32 Å². The molecule has 1 saturated heterocycles. The molecule has 1 aromatic rings. The minimum atomic E-state index is -0.622. The summed E-state index contributed by atoms with van der Waals surface area (Å²) in [4.78, 5) is 14.7. The van der Waals surface area contributed by atoms with Gasteiger partial charge in [0.15, 0.2) is 0 Å². The van der Waals surface area contributed by atoms with Gasteiger partial charge in [0.05, 0.1) is 17.5 Å². The van der Waals surface area contributed by atoms with E-state index < -0.39 is 6.10 Å². The maximum Gasteiger partial charge on any atom is 0.256 e. The van der Waals surface area contributed by atoms with Crippen LogP contribution in [0.3, 0.4) is 0 Å². The monoisotopic (exact) mass is 310 g/mol. The van der Waals surface area contributed by atoms with Crippen LogP contribution in [-0.2, 0) is 0 Å². The van der Waals surface area contributed by atoms with Gasteiger partial charge < -0.3 is 15.3 Å². The number of carbonyl (C=O) groups excluding carboxylic acids is 1. The SMILES string of the molecule is CC1CCCCN1C(=O)c1ccccc1NCC(O)CCl. The van der Waals surface area contributed by atoms with E-state index >= 15 is 0 Å². The number of hydrogen-bond acceptors (Lipinski definition) is 3. The minimum absolute atomic E-state index is 0.0608. The normalized spacial score (nSPS) is 20.1. The molecule has 5 heteroatoms. The molecule has 116 valence electrons. The average Bonchev–Trinajstić information content (AvgIpc) is 2.52. The van der Waals surface area contributed by atoms with Crippen molar-refractivity contribution in [3.8, 4) is 0 Å². The number of para-hydroxylation sites is 1. The highest BCUT2D eigenvalue weighted by atomic mass is 35.5. The predicted octanol–water partition coefficient (Wildman–Crippen LogP) is 2.71. The molecule has 1 amide bonds. The van der Waals surface area contributed by atoms with Crippen molar-refractivity contribution in [2.24, 2.45) is 0 Å². The molecule has 1 fully saturated rings. The number of halogens is 1. The van der Waals surface area contributed by atoms with Gasteiger partial charge >= 0.3 is 0 Å². The molecule has 0 saturated carbocycles. The van der Waals surface area contributed by atoms with Crippen LogP contribution in [0.5, 0.6) is 0 Å². The Bertz CT molecular complexity index is 481. The van der Waals surface area contributed by atoms with Crippen molar-refractivity contribution in [2.75, 3.05) is 24.3 Å². The van der Waals surface area contributed by atoms with Crippen molar-refractivity contribution in [1.82, 2.24) is 4.90 Å². The third kappa shape index (κ3) is 4.11. The third-order valence-corrected chi connectivity index (χ3v) is 4.28. The fraction of sp³-hybridized carbons (Fsp3) is 0.562. The fourth-order valence-electron chi connectivity index (χ4n) is 2.66. The summed E-state index contributed by atoms with van der Waals surface area (Å²) >= 11 is 5.60. The van der Waals surface area contributed by atoms with Gasteiger partial charge in [0.25, 0.3) is 5.91 Å². The van der Waals surface area contributed by atoms with Gasteiger partial charge in [-0.15, -0.1) is 11.6 Å². The Balaban J connectivity index is 2.12. The second-order valence-electron chi connectivity index (χ2n) is 5.58. The largest absolute Gasteiger partial charge is 0.390 e. The maximum atomic E-state index is 12.7. The van der Waals surface area contributed by atoms with Crippen molar-refractivity contribution in [3.05, 3.63) is 29.8 Å². The standard InChI is InChI=1S/C16H23ClN2O2/c1-12-6-4-5-9-19(12)16(21)14-7-2-3-8-15(14)18-11-13(20)10-17/h2-3,7-8,12-13,18,20H,4-6,9-11H2,1H3. The summed E-state index contributed by atoms with van der Waals surface area (Å²) in [7, 11) is 0. The molecule has 21 heavy (non-hydrogen) atoms. The summed E-state index contributed by atoms with van der Waals surface area (Å²) < 4.78 is 0. The zero-order valence-electron chi connectivity index (χ0n) is 12.4. The third-order valence-electron chi connectivity index (χ3n) is 3.93. The molecule has 0 spiro atoms. The molecule has 0 bridgehead atoms. The van der Waals surface area contributed by atoms with Gasteiger partial charge in [-0.2, -0.15) is 0 Å². The summed E-state index contributed by atoms with van der Waals surface area (Å²) in [6.07, 6.45) is 2.69. The summed E-state index contributed by atoms with van der Waals surface area (Å²) in [6.45, 7) is 3.26.